The first kappa shape index (κ1) is 16.6. The number of imidazole rings is 1. The molecule has 2 N–H and O–H groups in total. The molecule has 1 aliphatic heterocycles. The van der Waals surface area contributed by atoms with E-state index in [0.29, 0.717) is 5.56 Å². The molecule has 0 unspecified atom stereocenters. The molecule has 0 amide bonds. The Balaban J connectivity index is 1.43. The molecule has 0 bridgehead atoms. The van der Waals surface area contributed by atoms with Gasteiger partial charge in [-0.15, -0.1) is 0 Å². The Morgan fingerprint density at radius 1 is 1.08 bits per heavy atom. The summed E-state index contributed by atoms with van der Waals surface area (Å²) in [5.74, 6) is -0.901. The van der Waals surface area contributed by atoms with E-state index in [9.17, 15) is 9.59 Å². The second-order valence-electron chi connectivity index (χ2n) is 6.83. The van der Waals surface area contributed by atoms with Crippen LogP contribution in [0, 0.1) is 0 Å². The number of likely N-dealkylation sites (tertiary alicyclic amines) is 1. The summed E-state index contributed by atoms with van der Waals surface area (Å²) in [5, 5.41) is 8.97. The molecule has 0 atom stereocenters. The summed E-state index contributed by atoms with van der Waals surface area (Å²) >= 11 is 0. The molecule has 0 aliphatic carbocycles. The third-order valence-corrected chi connectivity index (χ3v) is 5.15. The number of hydrogen-bond acceptors (Lipinski definition) is 3. The number of fused-ring (bicyclic) bond motifs is 1. The van der Waals surface area contributed by atoms with Gasteiger partial charge in [0, 0.05) is 25.7 Å². The van der Waals surface area contributed by atoms with Crippen molar-refractivity contribution in [3.05, 3.63) is 70.1 Å². The lowest BCUT2D eigenvalue weighted by Gasteiger charge is -2.32. The molecular formula is C20H21N3O3. The fraction of sp³-hybridized carbons (Fsp3) is 0.300. The normalized spacial score (nSPS) is 16.2. The third kappa shape index (κ3) is 3.15. The molecule has 134 valence electrons. The number of hydrogen-bond donors (Lipinski definition) is 2. The number of H-pyrrole nitrogens is 1. The first-order valence-electron chi connectivity index (χ1n) is 8.85. The van der Waals surface area contributed by atoms with Crippen LogP contribution in [0.25, 0.3) is 11.0 Å². The molecule has 6 heteroatoms. The van der Waals surface area contributed by atoms with Gasteiger partial charge < -0.3 is 10.1 Å². The van der Waals surface area contributed by atoms with Crippen molar-refractivity contribution in [2.45, 2.75) is 25.4 Å². The van der Waals surface area contributed by atoms with Crippen molar-refractivity contribution in [3.8, 4) is 0 Å². The van der Waals surface area contributed by atoms with Crippen LogP contribution in [0.1, 0.15) is 34.8 Å². The van der Waals surface area contributed by atoms with E-state index in [-0.39, 0.29) is 11.7 Å². The molecule has 0 spiro atoms. The first-order chi connectivity index (χ1) is 12.6. The van der Waals surface area contributed by atoms with Crippen LogP contribution in [-0.4, -0.2) is 38.6 Å². The molecule has 26 heavy (non-hydrogen) atoms. The minimum atomic E-state index is -0.901. The molecule has 1 aliphatic rings. The number of piperidine rings is 1. The van der Waals surface area contributed by atoms with E-state index in [4.69, 9.17) is 5.11 Å². The van der Waals surface area contributed by atoms with Crippen LogP contribution < -0.4 is 5.69 Å². The summed E-state index contributed by atoms with van der Waals surface area (Å²) in [5.41, 5.74) is 3.25. The van der Waals surface area contributed by atoms with Crippen LogP contribution in [0.15, 0.2) is 53.3 Å². The van der Waals surface area contributed by atoms with Gasteiger partial charge in [-0.1, -0.05) is 24.3 Å². The predicted molar refractivity (Wildman–Crippen MR) is 99.5 cm³/mol. The second kappa shape index (κ2) is 6.80. The van der Waals surface area contributed by atoms with Gasteiger partial charge in [-0.05, 0) is 42.7 Å². The summed E-state index contributed by atoms with van der Waals surface area (Å²) < 4.78 is 1.90. The Morgan fingerprint density at radius 3 is 2.46 bits per heavy atom. The summed E-state index contributed by atoms with van der Waals surface area (Å²) in [7, 11) is 0. The summed E-state index contributed by atoms with van der Waals surface area (Å²) in [6.07, 6.45) is 1.85. The van der Waals surface area contributed by atoms with E-state index in [0.717, 1.165) is 49.1 Å². The Kier molecular flexibility index (Phi) is 4.34. The Bertz CT molecular complexity index is 979. The summed E-state index contributed by atoms with van der Waals surface area (Å²) in [4.78, 5) is 28.6. The smallest absolute Gasteiger partial charge is 0.335 e. The van der Waals surface area contributed by atoms with Gasteiger partial charge >= 0.3 is 11.7 Å². The maximum Gasteiger partial charge on any atom is 0.335 e. The number of benzene rings is 2. The van der Waals surface area contributed by atoms with Crippen LogP contribution in [-0.2, 0) is 6.54 Å². The van der Waals surface area contributed by atoms with E-state index in [1.54, 1.807) is 12.1 Å². The number of para-hydroxylation sites is 2. The van der Waals surface area contributed by atoms with Crippen molar-refractivity contribution in [1.82, 2.24) is 14.5 Å². The maximum absolute atomic E-state index is 12.3. The van der Waals surface area contributed by atoms with Gasteiger partial charge in [-0.3, -0.25) is 9.47 Å². The quantitative estimate of drug-likeness (QED) is 0.758. The van der Waals surface area contributed by atoms with Gasteiger partial charge in [-0.2, -0.15) is 0 Å². The third-order valence-electron chi connectivity index (χ3n) is 5.15. The predicted octanol–water partition coefficient (Wildman–Crippen LogP) is 2.86. The van der Waals surface area contributed by atoms with Crippen LogP contribution in [0.5, 0.6) is 0 Å². The fourth-order valence-electron chi connectivity index (χ4n) is 3.78. The number of carboxylic acid groups (broad SMARTS) is 1. The van der Waals surface area contributed by atoms with E-state index in [2.05, 4.69) is 9.88 Å². The Hall–Kier alpha value is -2.86. The number of aromatic carboxylic acids is 1. The Labute approximate surface area is 150 Å². The highest BCUT2D eigenvalue weighted by Gasteiger charge is 2.23. The maximum atomic E-state index is 12.3. The lowest BCUT2D eigenvalue weighted by atomic mass is 10.0. The SMILES string of the molecule is O=C(O)c1ccc(CN2CCC(n3c(=O)[nH]c4ccccc43)CC2)cc1. The number of nitrogens with zero attached hydrogens (tertiary/aromatic N) is 2. The minimum absolute atomic E-state index is 0.0334. The highest BCUT2D eigenvalue weighted by Crippen LogP contribution is 2.25. The van der Waals surface area contributed by atoms with Gasteiger partial charge in [0.05, 0.1) is 16.6 Å². The number of carbonyl (C=O) groups is 1. The number of aromatic nitrogens is 2. The lowest BCUT2D eigenvalue weighted by Crippen LogP contribution is -2.36. The van der Waals surface area contributed by atoms with Crippen molar-refractivity contribution >= 4 is 17.0 Å². The number of nitrogens with one attached hydrogen (secondary N) is 1. The summed E-state index contributed by atoms with van der Waals surface area (Å²) in [6.45, 7) is 2.63. The molecule has 2 aromatic carbocycles. The van der Waals surface area contributed by atoms with Crippen molar-refractivity contribution in [2.24, 2.45) is 0 Å². The number of carboxylic acids is 1. The van der Waals surface area contributed by atoms with Crippen molar-refractivity contribution in [2.75, 3.05) is 13.1 Å². The van der Waals surface area contributed by atoms with E-state index in [1.165, 1.54) is 0 Å². The molecular weight excluding hydrogens is 330 g/mol. The number of rotatable bonds is 4. The molecule has 1 fully saturated rings. The molecule has 1 aromatic heterocycles. The molecule has 4 rings (SSSR count). The minimum Gasteiger partial charge on any atom is -0.478 e. The van der Waals surface area contributed by atoms with Crippen LogP contribution in [0.3, 0.4) is 0 Å². The monoisotopic (exact) mass is 351 g/mol. The zero-order valence-corrected chi connectivity index (χ0v) is 14.4. The average Bonchev–Trinajstić information content (AvgIpc) is 2.99. The fourth-order valence-corrected chi connectivity index (χ4v) is 3.78. The molecule has 2 heterocycles. The van der Waals surface area contributed by atoms with Gasteiger partial charge in [0.15, 0.2) is 0 Å². The average molecular weight is 351 g/mol. The van der Waals surface area contributed by atoms with Gasteiger partial charge in [0.25, 0.3) is 0 Å². The van der Waals surface area contributed by atoms with Gasteiger partial charge in [-0.25, -0.2) is 9.59 Å². The Morgan fingerprint density at radius 2 is 1.77 bits per heavy atom. The van der Waals surface area contributed by atoms with Crippen LogP contribution in [0.2, 0.25) is 0 Å². The van der Waals surface area contributed by atoms with E-state index in [1.807, 2.05) is 41.0 Å². The molecule has 0 radical (unpaired) electrons. The topological polar surface area (TPSA) is 78.3 Å². The molecule has 3 aromatic rings. The van der Waals surface area contributed by atoms with Crippen molar-refractivity contribution in [3.63, 3.8) is 0 Å². The van der Waals surface area contributed by atoms with E-state index < -0.39 is 5.97 Å². The molecule has 0 saturated carbocycles. The van der Waals surface area contributed by atoms with Gasteiger partial charge in [0.1, 0.15) is 0 Å². The first-order valence-corrected chi connectivity index (χ1v) is 8.85. The summed E-state index contributed by atoms with van der Waals surface area (Å²) in [6, 6.07) is 15.1. The van der Waals surface area contributed by atoms with Gasteiger partial charge in [0.2, 0.25) is 0 Å². The molecule has 1 saturated heterocycles. The standard InChI is InChI=1S/C20H21N3O3/c24-19(25)15-7-5-14(6-8-15)13-22-11-9-16(10-12-22)23-18-4-2-1-3-17(18)21-20(23)26/h1-8,16H,9-13H2,(H,21,26)(H,24,25). The van der Waals surface area contributed by atoms with E-state index >= 15 is 0 Å². The lowest BCUT2D eigenvalue weighted by molar-refractivity contribution is 0.0697. The molecule has 6 nitrogen and oxygen atoms in total. The van der Waals surface area contributed by atoms with Crippen molar-refractivity contribution < 1.29 is 9.90 Å². The highest BCUT2D eigenvalue weighted by molar-refractivity contribution is 5.87. The zero-order chi connectivity index (χ0) is 18.1. The second-order valence-corrected chi connectivity index (χ2v) is 6.83. The van der Waals surface area contributed by atoms with Crippen molar-refractivity contribution in [1.29, 1.82) is 0 Å². The zero-order valence-electron chi connectivity index (χ0n) is 14.4. The highest BCUT2D eigenvalue weighted by atomic mass is 16.4. The largest absolute Gasteiger partial charge is 0.478 e. The number of aromatic amines is 1. The van der Waals surface area contributed by atoms with Crippen LogP contribution in [0.4, 0.5) is 0 Å². The van der Waals surface area contributed by atoms with Crippen LogP contribution >= 0.6 is 0 Å².